The molecule has 0 radical (unpaired) electrons. The van der Waals surface area contributed by atoms with Crippen molar-refractivity contribution in [2.45, 2.75) is 33.1 Å². The van der Waals surface area contributed by atoms with Gasteiger partial charge in [-0.3, -0.25) is 4.79 Å². The van der Waals surface area contributed by atoms with Gasteiger partial charge >= 0.3 is 0 Å². The Morgan fingerprint density at radius 2 is 1.94 bits per heavy atom. The first kappa shape index (κ1) is 14.7. The van der Waals surface area contributed by atoms with Gasteiger partial charge in [0.05, 0.1) is 12.2 Å². The molecule has 0 saturated carbocycles. The molecule has 0 amide bonds. The summed E-state index contributed by atoms with van der Waals surface area (Å²) in [5, 5.41) is 0. The van der Waals surface area contributed by atoms with E-state index in [1.807, 2.05) is 25.1 Å². The van der Waals surface area contributed by atoms with Gasteiger partial charge in [-0.15, -0.1) is 0 Å². The summed E-state index contributed by atoms with van der Waals surface area (Å²) in [6.07, 6.45) is 0.839. The summed E-state index contributed by atoms with van der Waals surface area (Å²) in [5.41, 5.74) is 1.75. The number of rotatable bonds is 6. The SMILES string of the molecule is CCOCCOc1ccc(C(C)(C)C)cc1C=O. The first-order valence-corrected chi connectivity index (χ1v) is 6.29. The van der Waals surface area contributed by atoms with E-state index >= 15 is 0 Å². The molecule has 0 bridgehead atoms. The minimum Gasteiger partial charge on any atom is -0.490 e. The second kappa shape index (κ2) is 6.55. The highest BCUT2D eigenvalue weighted by atomic mass is 16.5. The van der Waals surface area contributed by atoms with Crippen LogP contribution in [0.2, 0.25) is 0 Å². The molecule has 18 heavy (non-hydrogen) atoms. The van der Waals surface area contributed by atoms with Crippen LogP contribution in [0.4, 0.5) is 0 Å². The quantitative estimate of drug-likeness (QED) is 0.574. The van der Waals surface area contributed by atoms with Crippen molar-refractivity contribution in [3.63, 3.8) is 0 Å². The fraction of sp³-hybridized carbons (Fsp3) is 0.533. The minimum absolute atomic E-state index is 0.0294. The zero-order valence-electron chi connectivity index (χ0n) is 11.7. The van der Waals surface area contributed by atoms with Crippen molar-refractivity contribution in [1.29, 1.82) is 0 Å². The van der Waals surface area contributed by atoms with Crippen LogP contribution in [0.1, 0.15) is 43.6 Å². The Bertz CT molecular complexity index is 391. The van der Waals surface area contributed by atoms with E-state index in [1.165, 1.54) is 0 Å². The fourth-order valence-electron chi connectivity index (χ4n) is 1.59. The van der Waals surface area contributed by atoms with Crippen molar-refractivity contribution in [1.82, 2.24) is 0 Å². The Labute approximate surface area is 109 Å². The molecule has 100 valence electrons. The van der Waals surface area contributed by atoms with Crippen molar-refractivity contribution in [3.8, 4) is 5.75 Å². The molecule has 1 aromatic rings. The number of hydrogen-bond donors (Lipinski definition) is 0. The molecule has 0 spiro atoms. The molecule has 0 aliphatic heterocycles. The van der Waals surface area contributed by atoms with Gasteiger partial charge in [-0.25, -0.2) is 0 Å². The maximum absolute atomic E-state index is 11.1. The highest BCUT2D eigenvalue weighted by Crippen LogP contribution is 2.27. The Kier molecular flexibility index (Phi) is 5.35. The van der Waals surface area contributed by atoms with Gasteiger partial charge in [-0.2, -0.15) is 0 Å². The van der Waals surface area contributed by atoms with E-state index in [1.54, 1.807) is 0 Å². The Morgan fingerprint density at radius 1 is 1.22 bits per heavy atom. The summed E-state index contributed by atoms with van der Waals surface area (Å²) in [6.45, 7) is 9.97. The summed E-state index contributed by atoms with van der Waals surface area (Å²) in [6, 6.07) is 5.75. The molecule has 3 nitrogen and oxygen atoms in total. The largest absolute Gasteiger partial charge is 0.490 e. The topological polar surface area (TPSA) is 35.5 Å². The van der Waals surface area contributed by atoms with Crippen LogP contribution >= 0.6 is 0 Å². The first-order chi connectivity index (χ1) is 8.49. The predicted octanol–water partition coefficient (Wildman–Crippen LogP) is 3.21. The second-order valence-electron chi connectivity index (χ2n) is 5.17. The summed E-state index contributed by atoms with van der Waals surface area (Å²) in [4.78, 5) is 11.1. The molecular formula is C15H22O3. The summed E-state index contributed by atoms with van der Waals surface area (Å²) >= 11 is 0. The van der Waals surface area contributed by atoms with Crippen LogP contribution < -0.4 is 4.74 Å². The summed E-state index contributed by atoms with van der Waals surface area (Å²) in [5.74, 6) is 0.623. The Balaban J connectivity index is 2.78. The van der Waals surface area contributed by atoms with Gasteiger partial charge in [0.2, 0.25) is 0 Å². The van der Waals surface area contributed by atoms with E-state index in [4.69, 9.17) is 9.47 Å². The van der Waals surface area contributed by atoms with E-state index in [9.17, 15) is 4.79 Å². The summed E-state index contributed by atoms with van der Waals surface area (Å²) in [7, 11) is 0. The number of carbonyl (C=O) groups excluding carboxylic acids is 1. The van der Waals surface area contributed by atoms with E-state index < -0.39 is 0 Å². The van der Waals surface area contributed by atoms with E-state index in [0.29, 0.717) is 31.1 Å². The molecule has 1 rings (SSSR count). The molecule has 1 aromatic carbocycles. The molecule has 0 heterocycles. The molecule has 0 aliphatic carbocycles. The zero-order chi connectivity index (χ0) is 13.6. The average Bonchev–Trinajstić information content (AvgIpc) is 2.33. The molecule has 0 saturated heterocycles. The standard InChI is InChI=1S/C15H22O3/c1-5-17-8-9-18-14-7-6-13(15(2,3)4)10-12(14)11-16/h6-7,10-11H,5,8-9H2,1-4H3. The maximum Gasteiger partial charge on any atom is 0.153 e. The van der Waals surface area contributed by atoms with Gasteiger partial charge in [0.1, 0.15) is 12.4 Å². The van der Waals surface area contributed by atoms with Crippen LogP contribution in [0, 0.1) is 0 Å². The number of ether oxygens (including phenoxy) is 2. The lowest BCUT2D eigenvalue weighted by Gasteiger charge is -2.20. The van der Waals surface area contributed by atoms with Gasteiger partial charge < -0.3 is 9.47 Å². The van der Waals surface area contributed by atoms with Crippen molar-refractivity contribution in [2.24, 2.45) is 0 Å². The van der Waals surface area contributed by atoms with Crippen LogP contribution in [0.15, 0.2) is 18.2 Å². The fourth-order valence-corrected chi connectivity index (χ4v) is 1.59. The normalized spacial score (nSPS) is 11.3. The second-order valence-corrected chi connectivity index (χ2v) is 5.17. The molecule has 0 fully saturated rings. The van der Waals surface area contributed by atoms with Crippen molar-refractivity contribution < 1.29 is 14.3 Å². The third kappa shape index (κ3) is 4.15. The lowest BCUT2D eigenvalue weighted by atomic mass is 9.86. The smallest absolute Gasteiger partial charge is 0.153 e. The minimum atomic E-state index is 0.0294. The molecule has 0 N–H and O–H groups in total. The maximum atomic E-state index is 11.1. The molecular weight excluding hydrogens is 228 g/mol. The van der Waals surface area contributed by atoms with Crippen molar-refractivity contribution in [3.05, 3.63) is 29.3 Å². The number of benzene rings is 1. The van der Waals surface area contributed by atoms with Crippen LogP contribution in [-0.2, 0) is 10.2 Å². The van der Waals surface area contributed by atoms with Gasteiger partial charge in [0.15, 0.2) is 6.29 Å². The Morgan fingerprint density at radius 3 is 2.50 bits per heavy atom. The predicted molar refractivity (Wildman–Crippen MR) is 72.5 cm³/mol. The van der Waals surface area contributed by atoms with Gasteiger partial charge in [-0.1, -0.05) is 26.8 Å². The average molecular weight is 250 g/mol. The molecule has 0 unspecified atom stereocenters. The van der Waals surface area contributed by atoms with Crippen LogP contribution in [0.5, 0.6) is 5.75 Å². The van der Waals surface area contributed by atoms with Crippen LogP contribution in [-0.4, -0.2) is 26.1 Å². The molecule has 0 aliphatic rings. The van der Waals surface area contributed by atoms with Crippen LogP contribution in [0.3, 0.4) is 0 Å². The lowest BCUT2D eigenvalue weighted by molar-refractivity contribution is 0.106. The number of carbonyl (C=O) groups is 1. The van der Waals surface area contributed by atoms with E-state index in [0.717, 1.165) is 11.8 Å². The van der Waals surface area contributed by atoms with Gasteiger partial charge in [-0.05, 0) is 30.0 Å². The van der Waals surface area contributed by atoms with Crippen molar-refractivity contribution in [2.75, 3.05) is 19.8 Å². The first-order valence-electron chi connectivity index (χ1n) is 6.29. The lowest BCUT2D eigenvalue weighted by Crippen LogP contribution is -2.12. The van der Waals surface area contributed by atoms with Gasteiger partial charge in [0.25, 0.3) is 0 Å². The molecule has 0 atom stereocenters. The molecule has 3 heteroatoms. The number of hydrogen-bond acceptors (Lipinski definition) is 3. The molecule has 0 aromatic heterocycles. The number of aldehydes is 1. The Hall–Kier alpha value is -1.35. The van der Waals surface area contributed by atoms with Crippen molar-refractivity contribution >= 4 is 6.29 Å². The third-order valence-electron chi connectivity index (χ3n) is 2.69. The summed E-state index contributed by atoms with van der Waals surface area (Å²) < 4.78 is 10.7. The van der Waals surface area contributed by atoms with E-state index in [2.05, 4.69) is 20.8 Å². The van der Waals surface area contributed by atoms with Gasteiger partial charge in [0, 0.05) is 6.61 Å². The van der Waals surface area contributed by atoms with E-state index in [-0.39, 0.29) is 5.41 Å². The zero-order valence-corrected chi connectivity index (χ0v) is 11.7. The monoisotopic (exact) mass is 250 g/mol. The third-order valence-corrected chi connectivity index (χ3v) is 2.69. The van der Waals surface area contributed by atoms with Crippen LogP contribution in [0.25, 0.3) is 0 Å². The highest BCUT2D eigenvalue weighted by Gasteiger charge is 2.15. The highest BCUT2D eigenvalue weighted by molar-refractivity contribution is 5.79.